The Morgan fingerprint density at radius 1 is 1.30 bits per heavy atom. The van der Waals surface area contributed by atoms with Crippen molar-refractivity contribution >= 4 is 57.7 Å². The molecule has 2 heterocycles. The summed E-state index contributed by atoms with van der Waals surface area (Å²) >= 11 is 7.26. The molecule has 0 spiro atoms. The van der Waals surface area contributed by atoms with E-state index in [2.05, 4.69) is 20.6 Å². The van der Waals surface area contributed by atoms with Crippen LogP contribution in [0, 0.1) is 12.8 Å². The van der Waals surface area contributed by atoms with Gasteiger partial charge in [-0.3, -0.25) is 14.4 Å². The number of nitrogens with one attached hydrogen (secondary N) is 2. The first-order valence-corrected chi connectivity index (χ1v) is 9.24. The van der Waals surface area contributed by atoms with Gasteiger partial charge in [-0.25, -0.2) is 9.98 Å². The van der Waals surface area contributed by atoms with Crippen LogP contribution >= 0.6 is 22.9 Å². The Kier molecular flexibility index (Phi) is 5.78. The fourth-order valence-electron chi connectivity index (χ4n) is 2.32. The second-order valence-electron chi connectivity index (χ2n) is 5.77. The van der Waals surface area contributed by atoms with Gasteiger partial charge in [-0.1, -0.05) is 23.7 Å². The Hall–Kier alpha value is -2.84. The number of carbonyl (C=O) groups excluding carboxylic acids is 3. The lowest BCUT2D eigenvalue weighted by atomic mass is 10.1. The van der Waals surface area contributed by atoms with Crippen LogP contribution in [0.15, 0.2) is 40.7 Å². The van der Waals surface area contributed by atoms with Crippen molar-refractivity contribution in [2.24, 2.45) is 10.9 Å². The predicted octanol–water partition coefficient (Wildman–Crippen LogP) is 3.01. The number of thiazole rings is 1. The maximum atomic E-state index is 12.2. The highest BCUT2D eigenvalue weighted by Gasteiger charge is 2.18. The minimum atomic E-state index is -0.621. The monoisotopic (exact) mass is 402 g/mol. The number of nitrogens with zero attached hydrogens (tertiary/aromatic N) is 2. The van der Waals surface area contributed by atoms with Gasteiger partial charge in [0.15, 0.2) is 5.13 Å². The second kappa shape index (κ2) is 8.24. The molecule has 1 atom stereocenters. The molecule has 0 aliphatic carbocycles. The summed E-state index contributed by atoms with van der Waals surface area (Å²) in [5.41, 5.74) is 1.98. The molecule has 0 saturated carbocycles. The third kappa shape index (κ3) is 4.87. The Balaban J connectivity index is 1.57. The standard InChI is InChI=1S/C18H15ClN4O3S/c1-10-13(19)3-2-4-14(10)22-16(25)7-12-9-27-18(21-12)23-17(26)11-5-6-15(24)20-8-11/h2-6,8-9,11H,7H2,1H3,(H,22,25)(H,21,23,26). The van der Waals surface area contributed by atoms with Gasteiger partial charge in [0, 0.05) is 28.4 Å². The summed E-state index contributed by atoms with van der Waals surface area (Å²) in [5.74, 6) is -1.59. The van der Waals surface area contributed by atoms with Gasteiger partial charge in [-0.05, 0) is 24.6 Å². The molecule has 1 aliphatic heterocycles. The molecule has 3 rings (SSSR count). The maximum absolute atomic E-state index is 12.2. The van der Waals surface area contributed by atoms with E-state index in [1.807, 2.05) is 6.92 Å². The molecule has 1 unspecified atom stereocenters. The van der Waals surface area contributed by atoms with E-state index in [1.165, 1.54) is 29.7 Å². The zero-order valence-corrected chi connectivity index (χ0v) is 15.8. The Morgan fingerprint density at radius 2 is 2.11 bits per heavy atom. The van der Waals surface area contributed by atoms with Crippen LogP contribution in [-0.2, 0) is 20.8 Å². The van der Waals surface area contributed by atoms with E-state index in [1.54, 1.807) is 23.6 Å². The number of halogens is 1. The molecule has 138 valence electrons. The summed E-state index contributed by atoms with van der Waals surface area (Å²) in [4.78, 5) is 43.2. The number of aliphatic imine (C=N–C) groups is 1. The minimum Gasteiger partial charge on any atom is -0.325 e. The summed E-state index contributed by atoms with van der Waals surface area (Å²) in [7, 11) is 0. The number of aromatic nitrogens is 1. The number of anilines is 2. The van der Waals surface area contributed by atoms with Crippen molar-refractivity contribution in [1.29, 1.82) is 0 Å². The van der Waals surface area contributed by atoms with Crippen LogP contribution in [0.5, 0.6) is 0 Å². The van der Waals surface area contributed by atoms with Crippen LogP contribution in [0.1, 0.15) is 11.3 Å². The van der Waals surface area contributed by atoms with E-state index in [-0.39, 0.29) is 18.2 Å². The fraction of sp³-hybridized carbons (Fsp3) is 0.167. The molecule has 7 nitrogen and oxygen atoms in total. The summed E-state index contributed by atoms with van der Waals surface area (Å²) in [6, 6.07) is 5.29. The summed E-state index contributed by atoms with van der Waals surface area (Å²) in [6.45, 7) is 1.82. The van der Waals surface area contributed by atoms with Crippen molar-refractivity contribution in [2.75, 3.05) is 10.6 Å². The largest absolute Gasteiger partial charge is 0.325 e. The smallest absolute Gasteiger partial charge is 0.269 e. The number of dihydropyridines is 1. The van der Waals surface area contributed by atoms with E-state index in [0.717, 1.165) is 5.56 Å². The van der Waals surface area contributed by atoms with E-state index in [4.69, 9.17) is 11.6 Å². The first-order chi connectivity index (χ1) is 12.9. The number of carbonyl (C=O) groups is 3. The lowest BCUT2D eigenvalue weighted by molar-refractivity contribution is -0.117. The van der Waals surface area contributed by atoms with E-state index < -0.39 is 11.8 Å². The van der Waals surface area contributed by atoms with Gasteiger partial charge in [0.05, 0.1) is 18.0 Å². The average molecular weight is 403 g/mol. The molecule has 9 heteroatoms. The normalized spacial score (nSPS) is 15.6. The number of rotatable bonds is 5. The third-order valence-corrected chi connectivity index (χ3v) is 4.99. The van der Waals surface area contributed by atoms with Crippen molar-refractivity contribution < 1.29 is 14.4 Å². The predicted molar refractivity (Wildman–Crippen MR) is 105 cm³/mol. The molecule has 2 aromatic rings. The van der Waals surface area contributed by atoms with Gasteiger partial charge >= 0.3 is 0 Å². The highest BCUT2D eigenvalue weighted by Crippen LogP contribution is 2.23. The fourth-order valence-corrected chi connectivity index (χ4v) is 3.21. The first kappa shape index (κ1) is 18.9. The molecule has 0 bridgehead atoms. The van der Waals surface area contributed by atoms with Crippen molar-refractivity contribution in [3.63, 3.8) is 0 Å². The van der Waals surface area contributed by atoms with Crippen molar-refractivity contribution in [3.8, 4) is 0 Å². The first-order valence-electron chi connectivity index (χ1n) is 7.99. The molecule has 3 amide bonds. The lowest BCUT2D eigenvalue weighted by Gasteiger charge is -2.09. The number of hydrogen-bond acceptors (Lipinski definition) is 5. The molecule has 1 aliphatic rings. The van der Waals surface area contributed by atoms with Crippen LogP contribution in [-0.4, -0.2) is 28.9 Å². The van der Waals surface area contributed by atoms with E-state index in [9.17, 15) is 14.4 Å². The van der Waals surface area contributed by atoms with Crippen LogP contribution < -0.4 is 10.6 Å². The number of hydrogen-bond donors (Lipinski definition) is 2. The molecular formula is C18H15ClN4O3S. The van der Waals surface area contributed by atoms with Crippen molar-refractivity contribution in [3.05, 3.63) is 52.0 Å². The third-order valence-electron chi connectivity index (χ3n) is 3.78. The van der Waals surface area contributed by atoms with Crippen LogP contribution in [0.25, 0.3) is 0 Å². The Morgan fingerprint density at radius 3 is 2.85 bits per heavy atom. The van der Waals surface area contributed by atoms with Gasteiger partial charge in [-0.15, -0.1) is 11.3 Å². The summed E-state index contributed by atoms with van der Waals surface area (Å²) in [6.07, 6.45) is 4.07. The molecule has 1 aromatic carbocycles. The van der Waals surface area contributed by atoms with Crippen molar-refractivity contribution in [1.82, 2.24) is 4.98 Å². The molecular weight excluding hydrogens is 388 g/mol. The molecule has 2 N–H and O–H groups in total. The summed E-state index contributed by atoms with van der Waals surface area (Å²) in [5, 5.41) is 8.11. The molecule has 0 fully saturated rings. The molecule has 1 aromatic heterocycles. The van der Waals surface area contributed by atoms with Gasteiger partial charge < -0.3 is 10.6 Å². The lowest BCUT2D eigenvalue weighted by Crippen LogP contribution is -2.24. The second-order valence-corrected chi connectivity index (χ2v) is 7.04. The zero-order valence-electron chi connectivity index (χ0n) is 14.2. The minimum absolute atomic E-state index is 0.0671. The van der Waals surface area contributed by atoms with E-state index >= 15 is 0 Å². The van der Waals surface area contributed by atoms with E-state index in [0.29, 0.717) is 21.5 Å². The highest BCUT2D eigenvalue weighted by atomic mass is 35.5. The van der Waals surface area contributed by atoms with Gasteiger partial charge in [0.2, 0.25) is 11.8 Å². The van der Waals surface area contributed by atoms with Crippen LogP contribution in [0.4, 0.5) is 10.8 Å². The Labute approximate surface area is 164 Å². The highest BCUT2D eigenvalue weighted by molar-refractivity contribution is 7.14. The zero-order chi connectivity index (χ0) is 19.4. The maximum Gasteiger partial charge on any atom is 0.269 e. The van der Waals surface area contributed by atoms with Gasteiger partial charge in [-0.2, -0.15) is 0 Å². The number of benzene rings is 1. The average Bonchev–Trinajstić information content (AvgIpc) is 3.06. The molecule has 0 saturated heterocycles. The van der Waals surface area contributed by atoms with Crippen LogP contribution in [0.2, 0.25) is 5.02 Å². The Bertz CT molecular complexity index is 951. The quantitative estimate of drug-likeness (QED) is 0.802. The SMILES string of the molecule is Cc1c(Cl)cccc1NC(=O)Cc1csc(NC(=O)C2C=CC(=O)N=C2)n1. The van der Waals surface area contributed by atoms with Gasteiger partial charge in [0.25, 0.3) is 5.91 Å². The molecule has 27 heavy (non-hydrogen) atoms. The van der Waals surface area contributed by atoms with Gasteiger partial charge in [0.1, 0.15) is 0 Å². The topological polar surface area (TPSA) is 101 Å². The van der Waals surface area contributed by atoms with Crippen LogP contribution in [0.3, 0.4) is 0 Å². The number of amides is 3. The molecule has 0 radical (unpaired) electrons. The summed E-state index contributed by atoms with van der Waals surface area (Å²) < 4.78 is 0. The van der Waals surface area contributed by atoms with Crippen molar-refractivity contribution in [2.45, 2.75) is 13.3 Å².